The number of carbonyl (C=O) groups excluding carboxylic acids is 1. The molecule has 1 fully saturated rings. The fourth-order valence-corrected chi connectivity index (χ4v) is 3.32. The molecule has 0 saturated heterocycles. The number of amides is 1. The van der Waals surface area contributed by atoms with Gasteiger partial charge in [0.05, 0.1) is 10.2 Å². The molecular formula is C18H16N4OS. The summed E-state index contributed by atoms with van der Waals surface area (Å²) in [5.74, 6) is 0.514. The van der Waals surface area contributed by atoms with E-state index in [0.717, 1.165) is 34.2 Å². The third-order valence-electron chi connectivity index (χ3n) is 3.95. The monoisotopic (exact) mass is 336 g/mol. The summed E-state index contributed by atoms with van der Waals surface area (Å²) in [5, 5.41) is 5.01. The molecular weight excluding hydrogens is 320 g/mol. The van der Waals surface area contributed by atoms with Gasteiger partial charge in [0, 0.05) is 22.5 Å². The molecule has 1 aliphatic rings. The predicted octanol–water partition coefficient (Wildman–Crippen LogP) is 3.34. The summed E-state index contributed by atoms with van der Waals surface area (Å²) in [6.07, 6.45) is 7.67. The van der Waals surface area contributed by atoms with E-state index in [1.165, 1.54) is 17.7 Å². The second-order valence-electron chi connectivity index (χ2n) is 5.83. The molecule has 120 valence electrons. The van der Waals surface area contributed by atoms with E-state index in [4.69, 9.17) is 5.73 Å². The number of carbonyl (C=O) groups is 1. The molecule has 3 N–H and O–H groups in total. The fourth-order valence-electron chi connectivity index (χ4n) is 2.43. The van der Waals surface area contributed by atoms with Crippen molar-refractivity contribution in [1.29, 1.82) is 0 Å². The lowest BCUT2D eigenvalue weighted by molar-refractivity contribution is 0.0951. The number of fused-ring (bicyclic) bond motifs is 1. The number of anilines is 1. The number of nitrogens with two attached hydrogens (primary N) is 1. The lowest BCUT2D eigenvalue weighted by Crippen LogP contribution is -2.25. The van der Waals surface area contributed by atoms with Gasteiger partial charge in [-0.1, -0.05) is 24.3 Å². The number of nitrogens with zero attached hydrogens (tertiary/aromatic N) is 2. The van der Waals surface area contributed by atoms with E-state index in [2.05, 4.69) is 15.3 Å². The third-order valence-corrected chi connectivity index (χ3v) is 4.96. The van der Waals surface area contributed by atoms with Crippen molar-refractivity contribution in [2.75, 3.05) is 5.73 Å². The molecule has 2 aromatic heterocycles. The van der Waals surface area contributed by atoms with Gasteiger partial charge in [-0.25, -0.2) is 9.97 Å². The molecule has 0 bridgehead atoms. The van der Waals surface area contributed by atoms with Crippen LogP contribution in [0.25, 0.3) is 22.4 Å². The zero-order valence-corrected chi connectivity index (χ0v) is 13.7. The van der Waals surface area contributed by atoms with Crippen LogP contribution in [0.1, 0.15) is 34.3 Å². The largest absolute Gasteiger partial charge is 0.382 e. The van der Waals surface area contributed by atoms with Gasteiger partial charge >= 0.3 is 0 Å². The molecule has 1 aliphatic carbocycles. The Bertz CT molecular complexity index is 926. The molecule has 1 saturated carbocycles. The van der Waals surface area contributed by atoms with Crippen molar-refractivity contribution < 1.29 is 4.79 Å². The van der Waals surface area contributed by atoms with Gasteiger partial charge < -0.3 is 11.1 Å². The van der Waals surface area contributed by atoms with Crippen LogP contribution in [0.5, 0.6) is 0 Å². The molecule has 6 heteroatoms. The van der Waals surface area contributed by atoms with Crippen molar-refractivity contribution in [2.24, 2.45) is 0 Å². The minimum Gasteiger partial charge on any atom is -0.382 e. The highest BCUT2D eigenvalue weighted by Crippen LogP contribution is 2.28. The lowest BCUT2D eigenvalue weighted by Gasteiger charge is -2.03. The second kappa shape index (κ2) is 6.05. The average Bonchev–Trinajstić information content (AvgIpc) is 3.31. The number of hydrogen-bond acceptors (Lipinski definition) is 5. The van der Waals surface area contributed by atoms with Gasteiger partial charge in [-0.2, -0.15) is 0 Å². The van der Waals surface area contributed by atoms with E-state index in [9.17, 15) is 4.79 Å². The van der Waals surface area contributed by atoms with E-state index in [0.29, 0.717) is 17.4 Å². The van der Waals surface area contributed by atoms with Gasteiger partial charge in [0.2, 0.25) is 0 Å². The fraction of sp³-hybridized carbons (Fsp3) is 0.167. The molecule has 3 aromatic rings. The first-order chi connectivity index (χ1) is 11.7. The van der Waals surface area contributed by atoms with Crippen LogP contribution in [0.3, 0.4) is 0 Å². The van der Waals surface area contributed by atoms with Crippen molar-refractivity contribution in [3.05, 3.63) is 52.7 Å². The molecule has 0 radical (unpaired) electrons. The van der Waals surface area contributed by atoms with E-state index in [1.54, 1.807) is 0 Å². The van der Waals surface area contributed by atoms with Crippen molar-refractivity contribution in [1.82, 2.24) is 15.3 Å². The van der Waals surface area contributed by atoms with Gasteiger partial charge in [0.25, 0.3) is 5.91 Å². The Kier molecular flexibility index (Phi) is 3.74. The number of rotatable bonds is 4. The Labute approximate surface area is 143 Å². The minimum atomic E-state index is 0.00373. The van der Waals surface area contributed by atoms with Crippen molar-refractivity contribution >= 4 is 45.4 Å². The number of hydrogen-bond donors (Lipinski definition) is 2. The number of nitrogens with one attached hydrogen (secondary N) is 1. The molecule has 0 aliphatic heterocycles. The van der Waals surface area contributed by atoms with Crippen LogP contribution < -0.4 is 11.1 Å². The molecule has 1 amide bonds. The molecule has 1 aromatic carbocycles. The Balaban J connectivity index is 1.52. The first kappa shape index (κ1) is 14.8. The van der Waals surface area contributed by atoms with Gasteiger partial charge in [-0.15, -0.1) is 11.3 Å². The van der Waals surface area contributed by atoms with Crippen LogP contribution in [0.2, 0.25) is 0 Å². The predicted molar refractivity (Wildman–Crippen MR) is 97.7 cm³/mol. The second-order valence-corrected chi connectivity index (χ2v) is 6.71. The number of benzene rings is 1. The Morgan fingerprint density at radius 3 is 2.75 bits per heavy atom. The quantitative estimate of drug-likeness (QED) is 0.766. The SMILES string of the molecule is Nc1ncnc2c(/C=C/c3ccc(C(=O)NC4CC4)cc3)csc12. The Hall–Kier alpha value is -2.73. The summed E-state index contributed by atoms with van der Waals surface area (Å²) in [6.45, 7) is 0. The lowest BCUT2D eigenvalue weighted by atomic mass is 10.1. The first-order valence-corrected chi connectivity index (χ1v) is 8.65. The highest BCUT2D eigenvalue weighted by Gasteiger charge is 2.23. The number of nitrogen functional groups attached to an aromatic ring is 1. The summed E-state index contributed by atoms with van der Waals surface area (Å²) in [7, 11) is 0. The molecule has 2 heterocycles. The van der Waals surface area contributed by atoms with E-state index >= 15 is 0 Å². The minimum absolute atomic E-state index is 0.00373. The summed E-state index contributed by atoms with van der Waals surface area (Å²) in [4.78, 5) is 20.3. The molecule has 0 spiro atoms. The summed E-state index contributed by atoms with van der Waals surface area (Å²) in [5.41, 5.74) is 9.46. The Morgan fingerprint density at radius 1 is 1.21 bits per heavy atom. The zero-order valence-electron chi connectivity index (χ0n) is 12.9. The molecule has 0 unspecified atom stereocenters. The normalized spacial score (nSPS) is 14.3. The van der Waals surface area contributed by atoms with Gasteiger partial charge in [0.15, 0.2) is 0 Å². The molecule has 5 nitrogen and oxygen atoms in total. The van der Waals surface area contributed by atoms with Crippen molar-refractivity contribution in [3.63, 3.8) is 0 Å². The smallest absolute Gasteiger partial charge is 0.251 e. The third kappa shape index (κ3) is 3.00. The van der Waals surface area contributed by atoms with E-state index < -0.39 is 0 Å². The number of aromatic nitrogens is 2. The summed E-state index contributed by atoms with van der Waals surface area (Å²) < 4.78 is 0.907. The van der Waals surface area contributed by atoms with Crippen LogP contribution in [0, 0.1) is 0 Å². The van der Waals surface area contributed by atoms with Gasteiger partial charge in [-0.3, -0.25) is 4.79 Å². The molecule has 24 heavy (non-hydrogen) atoms. The highest BCUT2D eigenvalue weighted by atomic mass is 32.1. The van der Waals surface area contributed by atoms with Crippen LogP contribution in [-0.4, -0.2) is 21.9 Å². The van der Waals surface area contributed by atoms with Crippen LogP contribution in [0.15, 0.2) is 36.0 Å². The van der Waals surface area contributed by atoms with Crippen molar-refractivity contribution in [2.45, 2.75) is 18.9 Å². The van der Waals surface area contributed by atoms with Crippen LogP contribution in [0.4, 0.5) is 5.82 Å². The van der Waals surface area contributed by atoms with Crippen molar-refractivity contribution in [3.8, 4) is 0 Å². The van der Waals surface area contributed by atoms with Gasteiger partial charge in [-0.05, 0) is 30.5 Å². The summed E-state index contributed by atoms with van der Waals surface area (Å²) in [6, 6.07) is 7.96. The molecule has 4 rings (SSSR count). The summed E-state index contributed by atoms with van der Waals surface area (Å²) >= 11 is 1.54. The van der Waals surface area contributed by atoms with Gasteiger partial charge in [0.1, 0.15) is 12.1 Å². The Morgan fingerprint density at radius 2 is 2.00 bits per heavy atom. The maximum atomic E-state index is 12.0. The average molecular weight is 336 g/mol. The highest BCUT2D eigenvalue weighted by molar-refractivity contribution is 7.18. The maximum Gasteiger partial charge on any atom is 0.251 e. The zero-order chi connectivity index (χ0) is 16.5. The topological polar surface area (TPSA) is 80.9 Å². The van der Waals surface area contributed by atoms with Crippen LogP contribution >= 0.6 is 11.3 Å². The standard InChI is InChI=1S/C18H16N4OS/c19-17-16-15(20-10-21-17)13(9-24-16)6-3-11-1-4-12(5-2-11)18(23)22-14-7-8-14/h1-6,9-10,14H,7-8H2,(H,22,23)(H2,19,20,21)/b6-3+. The van der Waals surface area contributed by atoms with Crippen LogP contribution in [-0.2, 0) is 0 Å². The van der Waals surface area contributed by atoms with E-state index in [1.807, 2.05) is 41.8 Å². The molecule has 0 atom stereocenters. The number of thiophene rings is 1. The maximum absolute atomic E-state index is 12.0. The first-order valence-electron chi connectivity index (χ1n) is 7.77. The van der Waals surface area contributed by atoms with E-state index in [-0.39, 0.29) is 5.91 Å².